The topological polar surface area (TPSA) is 72.4 Å². The number of nitrogens with one attached hydrogen (secondary N) is 1. The Balaban J connectivity index is 1.88. The number of nitrogens with zero attached hydrogens (tertiary/aromatic N) is 2. The minimum atomic E-state index is -0.194. The van der Waals surface area contributed by atoms with Gasteiger partial charge in [-0.2, -0.15) is 5.10 Å². The van der Waals surface area contributed by atoms with Crippen LogP contribution in [-0.4, -0.2) is 27.6 Å². The monoisotopic (exact) mass is 244 g/mol. The molecule has 1 aliphatic rings. The number of rotatable bonds is 3. The van der Waals surface area contributed by atoms with E-state index in [1.165, 1.54) is 0 Å². The van der Waals surface area contributed by atoms with E-state index in [0.29, 0.717) is 12.1 Å². The maximum absolute atomic E-state index is 12.3. The number of carbonyl (C=O) groups is 1. The molecule has 1 fully saturated rings. The SMILES string of the molecule is NCC1(NC(=O)c2cnn3ccccc23)CCC1. The van der Waals surface area contributed by atoms with Gasteiger partial charge in [0.25, 0.3) is 5.91 Å². The lowest BCUT2D eigenvalue weighted by Gasteiger charge is -2.41. The lowest BCUT2D eigenvalue weighted by atomic mass is 9.76. The molecule has 2 aromatic heterocycles. The lowest BCUT2D eigenvalue weighted by molar-refractivity contribution is 0.0839. The van der Waals surface area contributed by atoms with Crippen LogP contribution < -0.4 is 11.1 Å². The Bertz CT molecular complexity index is 580. The number of pyridine rings is 1. The van der Waals surface area contributed by atoms with E-state index in [-0.39, 0.29) is 11.4 Å². The van der Waals surface area contributed by atoms with Gasteiger partial charge in [-0.3, -0.25) is 4.79 Å². The summed E-state index contributed by atoms with van der Waals surface area (Å²) in [6, 6.07) is 5.67. The van der Waals surface area contributed by atoms with Crippen LogP contribution in [0.5, 0.6) is 0 Å². The second-order valence-corrected chi connectivity index (χ2v) is 4.88. The van der Waals surface area contributed by atoms with Crippen LogP contribution in [0.4, 0.5) is 0 Å². The Morgan fingerprint density at radius 3 is 3.00 bits per heavy atom. The predicted molar refractivity (Wildman–Crippen MR) is 68.3 cm³/mol. The smallest absolute Gasteiger partial charge is 0.255 e. The summed E-state index contributed by atoms with van der Waals surface area (Å²) in [4.78, 5) is 12.3. The van der Waals surface area contributed by atoms with E-state index in [0.717, 1.165) is 24.8 Å². The van der Waals surface area contributed by atoms with Crippen molar-refractivity contribution in [2.24, 2.45) is 5.73 Å². The second kappa shape index (κ2) is 4.10. The molecule has 0 atom stereocenters. The molecule has 0 aliphatic heterocycles. The van der Waals surface area contributed by atoms with Crippen LogP contribution in [0, 0.1) is 0 Å². The molecule has 18 heavy (non-hydrogen) atoms. The number of carbonyl (C=O) groups excluding carboxylic acids is 1. The molecule has 1 saturated carbocycles. The maximum Gasteiger partial charge on any atom is 0.255 e. The van der Waals surface area contributed by atoms with Gasteiger partial charge in [0.05, 0.1) is 22.8 Å². The zero-order chi connectivity index (χ0) is 12.6. The van der Waals surface area contributed by atoms with E-state index in [2.05, 4.69) is 10.4 Å². The van der Waals surface area contributed by atoms with Gasteiger partial charge in [-0.15, -0.1) is 0 Å². The molecule has 3 N–H and O–H groups in total. The number of amides is 1. The highest BCUT2D eigenvalue weighted by Crippen LogP contribution is 2.31. The van der Waals surface area contributed by atoms with Gasteiger partial charge in [0.15, 0.2) is 0 Å². The van der Waals surface area contributed by atoms with Crippen molar-refractivity contribution in [3.8, 4) is 0 Å². The molecule has 3 rings (SSSR count). The summed E-state index contributed by atoms with van der Waals surface area (Å²) in [5.41, 5.74) is 6.98. The molecule has 0 spiro atoms. The number of hydrogen-bond donors (Lipinski definition) is 2. The molecule has 0 radical (unpaired) electrons. The molecule has 0 aromatic carbocycles. The van der Waals surface area contributed by atoms with Crippen molar-refractivity contribution in [1.29, 1.82) is 0 Å². The third kappa shape index (κ3) is 1.67. The van der Waals surface area contributed by atoms with Crippen LogP contribution >= 0.6 is 0 Å². The highest BCUT2D eigenvalue weighted by molar-refractivity contribution is 6.01. The second-order valence-electron chi connectivity index (χ2n) is 4.88. The summed E-state index contributed by atoms with van der Waals surface area (Å²) < 4.78 is 1.70. The van der Waals surface area contributed by atoms with Gasteiger partial charge in [-0.1, -0.05) is 6.07 Å². The normalized spacial score (nSPS) is 17.4. The van der Waals surface area contributed by atoms with Crippen molar-refractivity contribution in [3.05, 3.63) is 36.2 Å². The van der Waals surface area contributed by atoms with Crippen LogP contribution in [0.3, 0.4) is 0 Å². The van der Waals surface area contributed by atoms with Crippen molar-refractivity contribution >= 4 is 11.4 Å². The number of aromatic nitrogens is 2. The van der Waals surface area contributed by atoms with Crippen molar-refractivity contribution in [3.63, 3.8) is 0 Å². The van der Waals surface area contributed by atoms with Crippen LogP contribution in [0.15, 0.2) is 30.6 Å². The van der Waals surface area contributed by atoms with Gasteiger partial charge in [0.2, 0.25) is 0 Å². The largest absolute Gasteiger partial charge is 0.345 e. The Kier molecular flexibility index (Phi) is 2.56. The maximum atomic E-state index is 12.3. The summed E-state index contributed by atoms with van der Waals surface area (Å²) in [7, 11) is 0. The molecule has 0 bridgehead atoms. The number of nitrogens with two attached hydrogens (primary N) is 1. The summed E-state index contributed by atoms with van der Waals surface area (Å²) in [5, 5.41) is 7.22. The van der Waals surface area contributed by atoms with Gasteiger partial charge in [0, 0.05) is 12.7 Å². The summed E-state index contributed by atoms with van der Waals surface area (Å²) >= 11 is 0. The van der Waals surface area contributed by atoms with Gasteiger partial charge in [-0.05, 0) is 31.4 Å². The Morgan fingerprint density at radius 1 is 1.50 bits per heavy atom. The molecule has 5 nitrogen and oxygen atoms in total. The first-order chi connectivity index (χ1) is 8.74. The fraction of sp³-hybridized carbons (Fsp3) is 0.385. The van der Waals surface area contributed by atoms with Crippen molar-refractivity contribution in [1.82, 2.24) is 14.9 Å². The average molecular weight is 244 g/mol. The van der Waals surface area contributed by atoms with E-state index in [1.807, 2.05) is 24.4 Å². The Labute approximate surface area is 105 Å². The Morgan fingerprint density at radius 2 is 2.33 bits per heavy atom. The first kappa shape index (κ1) is 11.2. The Hall–Kier alpha value is -1.88. The molecule has 1 aliphatic carbocycles. The minimum absolute atomic E-state index is 0.0821. The highest BCUT2D eigenvalue weighted by atomic mass is 16.1. The minimum Gasteiger partial charge on any atom is -0.345 e. The van der Waals surface area contributed by atoms with Gasteiger partial charge >= 0.3 is 0 Å². The molecule has 0 saturated heterocycles. The zero-order valence-corrected chi connectivity index (χ0v) is 10.1. The molecular formula is C13H16N4O. The van der Waals surface area contributed by atoms with Crippen molar-refractivity contribution in [2.45, 2.75) is 24.8 Å². The average Bonchev–Trinajstić information content (AvgIpc) is 2.77. The number of hydrogen-bond acceptors (Lipinski definition) is 3. The van der Waals surface area contributed by atoms with E-state index >= 15 is 0 Å². The molecule has 5 heteroatoms. The van der Waals surface area contributed by atoms with E-state index in [1.54, 1.807) is 10.7 Å². The fourth-order valence-electron chi connectivity index (χ4n) is 2.40. The predicted octanol–water partition coefficient (Wildman–Crippen LogP) is 0.946. The summed E-state index contributed by atoms with van der Waals surface area (Å²) in [5.74, 6) is -0.0821. The first-order valence-electron chi connectivity index (χ1n) is 6.19. The zero-order valence-electron chi connectivity index (χ0n) is 10.1. The lowest BCUT2D eigenvalue weighted by Crippen LogP contribution is -2.58. The third-order valence-corrected chi connectivity index (χ3v) is 3.75. The van der Waals surface area contributed by atoms with Gasteiger partial charge in [0.1, 0.15) is 0 Å². The van der Waals surface area contributed by atoms with Crippen LogP contribution in [0.1, 0.15) is 29.6 Å². The van der Waals surface area contributed by atoms with E-state index in [9.17, 15) is 4.79 Å². The molecule has 2 heterocycles. The van der Waals surface area contributed by atoms with Crippen LogP contribution in [-0.2, 0) is 0 Å². The van der Waals surface area contributed by atoms with Crippen LogP contribution in [0.25, 0.3) is 5.52 Å². The van der Waals surface area contributed by atoms with Gasteiger partial charge in [-0.25, -0.2) is 4.52 Å². The standard InChI is InChI=1S/C13H16N4O/c14-9-13(5-3-6-13)16-12(18)10-8-15-17-7-2-1-4-11(10)17/h1-2,4,7-8H,3,5-6,9,14H2,(H,16,18). The van der Waals surface area contributed by atoms with Crippen molar-refractivity contribution < 1.29 is 4.79 Å². The summed E-state index contributed by atoms with van der Waals surface area (Å²) in [6.45, 7) is 0.498. The van der Waals surface area contributed by atoms with E-state index < -0.39 is 0 Å². The van der Waals surface area contributed by atoms with E-state index in [4.69, 9.17) is 5.73 Å². The summed E-state index contributed by atoms with van der Waals surface area (Å²) in [6.07, 6.45) is 6.50. The number of fused-ring (bicyclic) bond motifs is 1. The van der Waals surface area contributed by atoms with Crippen molar-refractivity contribution in [2.75, 3.05) is 6.54 Å². The molecule has 2 aromatic rings. The molecular weight excluding hydrogens is 228 g/mol. The highest BCUT2D eigenvalue weighted by Gasteiger charge is 2.37. The fourth-order valence-corrected chi connectivity index (χ4v) is 2.40. The van der Waals surface area contributed by atoms with Crippen LogP contribution in [0.2, 0.25) is 0 Å². The first-order valence-corrected chi connectivity index (χ1v) is 6.19. The molecule has 94 valence electrons. The third-order valence-electron chi connectivity index (χ3n) is 3.75. The van der Waals surface area contributed by atoms with Gasteiger partial charge < -0.3 is 11.1 Å². The quantitative estimate of drug-likeness (QED) is 0.844. The molecule has 0 unspecified atom stereocenters. The molecule has 1 amide bonds.